The molecule has 2 saturated heterocycles. The Morgan fingerprint density at radius 3 is 2.76 bits per heavy atom. The Bertz CT molecular complexity index is 885. The number of rotatable bonds is 3. The Morgan fingerprint density at radius 1 is 1.24 bits per heavy atom. The minimum Gasteiger partial charge on any atom is -0.452 e. The van der Waals surface area contributed by atoms with Gasteiger partial charge < -0.3 is 14.5 Å². The highest BCUT2D eigenvalue weighted by molar-refractivity contribution is 6.15. The second-order valence-corrected chi connectivity index (χ2v) is 8.09. The lowest BCUT2D eigenvalue weighted by Crippen LogP contribution is -2.67. The number of nitrogens with zero attached hydrogens (tertiary/aromatic N) is 3. The zero-order chi connectivity index (χ0) is 20.8. The highest BCUT2D eigenvalue weighted by atomic mass is 16.5. The molecule has 8 nitrogen and oxygen atoms in total. The molecule has 3 aliphatic rings. The van der Waals surface area contributed by atoms with Crippen LogP contribution < -0.4 is 4.90 Å². The summed E-state index contributed by atoms with van der Waals surface area (Å²) in [5.74, 6) is -1.16. The van der Waals surface area contributed by atoms with Crippen molar-refractivity contribution in [1.29, 1.82) is 0 Å². The number of ether oxygens (including phenoxy) is 1. The fourth-order valence-corrected chi connectivity index (χ4v) is 4.64. The molecule has 0 bridgehead atoms. The highest BCUT2D eigenvalue weighted by Crippen LogP contribution is 2.44. The second-order valence-electron chi connectivity index (χ2n) is 8.09. The fraction of sp³-hybridized carbons (Fsp3) is 0.524. The van der Waals surface area contributed by atoms with Gasteiger partial charge in [0.1, 0.15) is 0 Å². The molecule has 3 amide bonds. The SMILES string of the molecule is C[C@H]1CCCN(C(=O)COC(=O)[C@]23CCC(=O)N2c2ccccc2C(=O)N3C)C1. The van der Waals surface area contributed by atoms with Crippen molar-refractivity contribution in [2.45, 2.75) is 38.3 Å². The van der Waals surface area contributed by atoms with E-state index in [0.29, 0.717) is 30.3 Å². The number of amides is 3. The zero-order valence-electron chi connectivity index (χ0n) is 16.7. The highest BCUT2D eigenvalue weighted by Gasteiger charge is 2.60. The van der Waals surface area contributed by atoms with E-state index < -0.39 is 11.6 Å². The quantitative estimate of drug-likeness (QED) is 0.717. The maximum Gasteiger partial charge on any atom is 0.354 e. The number of hydrogen-bond acceptors (Lipinski definition) is 5. The molecular formula is C21H25N3O5. The van der Waals surface area contributed by atoms with Crippen LogP contribution in [0.3, 0.4) is 0 Å². The molecule has 0 spiro atoms. The van der Waals surface area contributed by atoms with Gasteiger partial charge in [0.15, 0.2) is 6.61 Å². The van der Waals surface area contributed by atoms with Crippen molar-refractivity contribution in [2.24, 2.45) is 5.92 Å². The standard InChI is InChI=1S/C21H25N3O5/c1-14-6-5-11-23(12-14)18(26)13-29-20(28)21-10-9-17(25)24(21)16-8-4-3-7-15(16)19(27)22(21)2/h3-4,7-8,14H,5-6,9-13H2,1-2H3/t14-,21-/m0/s1. The zero-order valence-corrected chi connectivity index (χ0v) is 16.7. The number of likely N-dealkylation sites (N-methyl/N-ethyl adjacent to an activating group) is 1. The van der Waals surface area contributed by atoms with Gasteiger partial charge in [0.05, 0.1) is 11.3 Å². The third-order valence-electron chi connectivity index (χ3n) is 6.21. The molecule has 29 heavy (non-hydrogen) atoms. The maximum absolute atomic E-state index is 13.2. The predicted molar refractivity (Wildman–Crippen MR) is 104 cm³/mol. The molecule has 0 aromatic heterocycles. The van der Waals surface area contributed by atoms with Gasteiger partial charge in [-0.3, -0.25) is 19.3 Å². The van der Waals surface area contributed by atoms with E-state index in [2.05, 4.69) is 6.92 Å². The van der Waals surface area contributed by atoms with Crippen molar-refractivity contribution in [3.05, 3.63) is 29.8 Å². The number of carbonyl (C=O) groups is 4. The largest absolute Gasteiger partial charge is 0.452 e. The summed E-state index contributed by atoms with van der Waals surface area (Å²) < 4.78 is 5.40. The predicted octanol–water partition coefficient (Wildman–Crippen LogP) is 1.40. The van der Waals surface area contributed by atoms with Gasteiger partial charge in [-0.15, -0.1) is 0 Å². The first-order valence-corrected chi connectivity index (χ1v) is 10.0. The number of benzene rings is 1. The van der Waals surface area contributed by atoms with Crippen LogP contribution in [0.15, 0.2) is 24.3 Å². The van der Waals surface area contributed by atoms with Gasteiger partial charge in [0.25, 0.3) is 11.8 Å². The van der Waals surface area contributed by atoms with E-state index in [1.54, 1.807) is 29.2 Å². The monoisotopic (exact) mass is 399 g/mol. The van der Waals surface area contributed by atoms with E-state index in [9.17, 15) is 19.2 Å². The number of fused-ring (bicyclic) bond motifs is 3. The summed E-state index contributed by atoms with van der Waals surface area (Å²) in [4.78, 5) is 55.6. The summed E-state index contributed by atoms with van der Waals surface area (Å²) in [6, 6.07) is 6.73. The van der Waals surface area contributed by atoms with Crippen LogP contribution in [-0.2, 0) is 19.1 Å². The van der Waals surface area contributed by atoms with E-state index >= 15 is 0 Å². The number of carbonyl (C=O) groups excluding carboxylic acids is 4. The van der Waals surface area contributed by atoms with Crippen molar-refractivity contribution in [1.82, 2.24) is 9.80 Å². The lowest BCUT2D eigenvalue weighted by molar-refractivity contribution is -0.162. The smallest absolute Gasteiger partial charge is 0.354 e. The van der Waals surface area contributed by atoms with Crippen molar-refractivity contribution in [2.75, 3.05) is 31.6 Å². The number of para-hydroxylation sites is 1. The molecule has 1 aromatic carbocycles. The van der Waals surface area contributed by atoms with Crippen LogP contribution in [0.2, 0.25) is 0 Å². The average Bonchev–Trinajstić information content (AvgIpc) is 3.08. The number of likely N-dealkylation sites (tertiary alicyclic amines) is 1. The molecule has 2 fully saturated rings. The molecule has 3 heterocycles. The average molecular weight is 399 g/mol. The molecule has 4 rings (SSSR count). The van der Waals surface area contributed by atoms with Crippen molar-refractivity contribution >= 4 is 29.4 Å². The third kappa shape index (κ3) is 2.97. The molecule has 1 aromatic rings. The van der Waals surface area contributed by atoms with Gasteiger partial charge >= 0.3 is 5.97 Å². The van der Waals surface area contributed by atoms with Gasteiger partial charge in [-0.05, 0) is 30.9 Å². The van der Waals surface area contributed by atoms with Crippen LogP contribution in [-0.4, -0.2) is 65.9 Å². The molecule has 3 aliphatic heterocycles. The Labute approximate surface area is 169 Å². The minimum atomic E-state index is -1.54. The normalized spacial score (nSPS) is 26.3. The van der Waals surface area contributed by atoms with Crippen LogP contribution in [0, 0.1) is 5.92 Å². The number of hydrogen-bond donors (Lipinski definition) is 0. The fourth-order valence-electron chi connectivity index (χ4n) is 4.64. The van der Waals surface area contributed by atoms with E-state index in [1.807, 2.05) is 0 Å². The lowest BCUT2D eigenvalue weighted by Gasteiger charge is -2.46. The van der Waals surface area contributed by atoms with Crippen LogP contribution in [0.5, 0.6) is 0 Å². The summed E-state index contributed by atoms with van der Waals surface area (Å²) in [7, 11) is 1.50. The van der Waals surface area contributed by atoms with Crippen LogP contribution in [0.4, 0.5) is 5.69 Å². The summed E-state index contributed by atoms with van der Waals surface area (Å²) in [6.45, 7) is 3.01. The Kier molecular flexibility index (Phi) is 4.80. The number of esters is 1. The first-order chi connectivity index (χ1) is 13.9. The minimum absolute atomic E-state index is 0.124. The Balaban J connectivity index is 1.57. The molecular weight excluding hydrogens is 374 g/mol. The molecule has 0 N–H and O–H groups in total. The van der Waals surface area contributed by atoms with E-state index in [1.165, 1.54) is 16.8 Å². The summed E-state index contributed by atoms with van der Waals surface area (Å²) >= 11 is 0. The molecule has 8 heteroatoms. The van der Waals surface area contributed by atoms with E-state index in [-0.39, 0.29) is 37.2 Å². The summed E-state index contributed by atoms with van der Waals surface area (Å²) in [5.41, 5.74) is -0.767. The van der Waals surface area contributed by atoms with Gasteiger partial charge in [0, 0.05) is 33.0 Å². The van der Waals surface area contributed by atoms with Crippen molar-refractivity contribution < 1.29 is 23.9 Å². The first-order valence-electron chi connectivity index (χ1n) is 10.0. The molecule has 154 valence electrons. The van der Waals surface area contributed by atoms with Gasteiger partial charge in [-0.25, -0.2) is 4.79 Å². The molecule has 2 atom stereocenters. The summed E-state index contributed by atoms with van der Waals surface area (Å²) in [5, 5.41) is 0. The molecule has 0 saturated carbocycles. The van der Waals surface area contributed by atoms with Crippen LogP contribution >= 0.6 is 0 Å². The molecule has 0 radical (unpaired) electrons. The Morgan fingerprint density at radius 2 is 2.00 bits per heavy atom. The van der Waals surface area contributed by atoms with Gasteiger partial charge in [-0.2, -0.15) is 0 Å². The Hall–Kier alpha value is -2.90. The molecule has 0 unspecified atom stereocenters. The van der Waals surface area contributed by atoms with Crippen molar-refractivity contribution in [3.8, 4) is 0 Å². The first kappa shape index (κ1) is 19.4. The van der Waals surface area contributed by atoms with E-state index in [4.69, 9.17) is 4.74 Å². The summed E-state index contributed by atoms with van der Waals surface area (Å²) in [6.07, 6.45) is 2.27. The maximum atomic E-state index is 13.2. The topological polar surface area (TPSA) is 87.2 Å². The van der Waals surface area contributed by atoms with Crippen molar-refractivity contribution in [3.63, 3.8) is 0 Å². The van der Waals surface area contributed by atoms with Crippen LogP contribution in [0.1, 0.15) is 43.0 Å². The van der Waals surface area contributed by atoms with Gasteiger partial charge in [0.2, 0.25) is 11.6 Å². The second kappa shape index (κ2) is 7.17. The number of anilines is 1. The molecule has 0 aliphatic carbocycles. The number of piperidine rings is 1. The lowest BCUT2D eigenvalue weighted by atomic mass is 9.97. The third-order valence-corrected chi connectivity index (χ3v) is 6.21. The van der Waals surface area contributed by atoms with E-state index in [0.717, 1.165) is 12.8 Å². The van der Waals surface area contributed by atoms with Crippen LogP contribution in [0.25, 0.3) is 0 Å². The van der Waals surface area contributed by atoms with Gasteiger partial charge in [-0.1, -0.05) is 19.1 Å².